The highest BCUT2D eigenvalue weighted by Gasteiger charge is 2.29. The molecule has 2 heterocycles. The molecule has 2 amide bonds. The van der Waals surface area contributed by atoms with E-state index < -0.39 is 5.97 Å². The van der Waals surface area contributed by atoms with Crippen molar-refractivity contribution in [2.75, 3.05) is 25.0 Å². The van der Waals surface area contributed by atoms with E-state index in [0.29, 0.717) is 24.5 Å². The van der Waals surface area contributed by atoms with Crippen LogP contribution in [0, 0.1) is 11.3 Å². The first-order chi connectivity index (χ1) is 11.9. The number of amides is 2. The molecule has 0 spiro atoms. The van der Waals surface area contributed by atoms with Crippen molar-refractivity contribution in [3.8, 4) is 0 Å². The molecule has 6 N–H and O–H groups in total. The van der Waals surface area contributed by atoms with Crippen LogP contribution >= 0.6 is 11.3 Å². The van der Waals surface area contributed by atoms with Crippen LogP contribution in [0.5, 0.6) is 0 Å². The van der Waals surface area contributed by atoms with E-state index in [-0.39, 0.29) is 48.9 Å². The molecular weight excluding hydrogens is 348 g/mol. The summed E-state index contributed by atoms with van der Waals surface area (Å²) in [6, 6.07) is 0. The summed E-state index contributed by atoms with van der Waals surface area (Å²) in [6.07, 6.45) is 1.20. The average Bonchev–Trinajstić information content (AvgIpc) is 3.01. The second-order valence-electron chi connectivity index (χ2n) is 5.60. The molecule has 1 aromatic rings. The summed E-state index contributed by atoms with van der Waals surface area (Å²) in [5.74, 6) is -2.12. The van der Waals surface area contributed by atoms with Gasteiger partial charge in [0.25, 0.3) is 5.91 Å². The lowest BCUT2D eigenvalue weighted by Crippen LogP contribution is -2.45. The molecule has 1 unspecified atom stereocenters. The Morgan fingerprint density at radius 2 is 2.24 bits per heavy atom. The van der Waals surface area contributed by atoms with Crippen molar-refractivity contribution in [2.24, 2.45) is 11.7 Å². The Morgan fingerprint density at radius 3 is 2.92 bits per heavy atom. The number of anilines is 1. The molecule has 1 aliphatic rings. The lowest BCUT2D eigenvalue weighted by molar-refractivity contribution is -0.137. The van der Waals surface area contributed by atoms with Gasteiger partial charge in [0.2, 0.25) is 5.91 Å². The highest BCUT2D eigenvalue weighted by atomic mass is 32.1. The van der Waals surface area contributed by atoms with Gasteiger partial charge < -0.3 is 26.4 Å². The zero-order chi connectivity index (χ0) is 18.4. The van der Waals surface area contributed by atoms with Gasteiger partial charge in [-0.3, -0.25) is 19.8 Å². The van der Waals surface area contributed by atoms with Gasteiger partial charge in [-0.15, -0.1) is 11.3 Å². The fourth-order valence-electron chi connectivity index (χ4n) is 2.52. The molecule has 11 heteroatoms. The molecule has 0 aliphatic carbocycles. The molecule has 10 nitrogen and oxygen atoms in total. The number of carbonyl (C=O) groups is 3. The number of rotatable bonds is 6. The molecule has 1 atom stereocenters. The maximum Gasteiger partial charge on any atom is 0.305 e. The van der Waals surface area contributed by atoms with Gasteiger partial charge in [0.1, 0.15) is 5.69 Å². The number of nitrogens with zero attached hydrogens (tertiary/aromatic N) is 2. The molecular formula is C14H20N6O4S. The van der Waals surface area contributed by atoms with Gasteiger partial charge in [0.05, 0.1) is 12.3 Å². The molecule has 1 aromatic heterocycles. The zero-order valence-corrected chi connectivity index (χ0v) is 14.3. The largest absolute Gasteiger partial charge is 0.481 e. The zero-order valence-electron chi connectivity index (χ0n) is 13.4. The van der Waals surface area contributed by atoms with Crippen LogP contribution in [-0.2, 0) is 9.59 Å². The third kappa shape index (κ3) is 5.41. The molecule has 2 rings (SSSR count). The van der Waals surface area contributed by atoms with Crippen molar-refractivity contribution < 1.29 is 19.5 Å². The smallest absolute Gasteiger partial charge is 0.305 e. The number of carboxylic acid groups (broad SMARTS) is 1. The summed E-state index contributed by atoms with van der Waals surface area (Å²) in [5, 5.41) is 22.8. The van der Waals surface area contributed by atoms with Crippen LogP contribution in [0.2, 0.25) is 0 Å². The molecule has 0 aromatic carbocycles. The minimum Gasteiger partial charge on any atom is -0.481 e. The van der Waals surface area contributed by atoms with Crippen LogP contribution in [-0.4, -0.2) is 58.4 Å². The summed E-state index contributed by atoms with van der Waals surface area (Å²) in [7, 11) is 0. The number of hydrogen-bond acceptors (Lipinski definition) is 6. The van der Waals surface area contributed by atoms with Gasteiger partial charge in [-0.25, -0.2) is 4.98 Å². The Kier molecular flexibility index (Phi) is 6.28. The number of piperidine rings is 1. The number of guanidine groups is 1. The summed E-state index contributed by atoms with van der Waals surface area (Å²) in [5.41, 5.74) is 5.46. The van der Waals surface area contributed by atoms with Gasteiger partial charge >= 0.3 is 5.97 Å². The molecule has 136 valence electrons. The van der Waals surface area contributed by atoms with E-state index in [0.717, 1.165) is 0 Å². The molecule has 25 heavy (non-hydrogen) atoms. The Labute approximate surface area is 147 Å². The first-order valence-electron chi connectivity index (χ1n) is 7.72. The number of thiazole rings is 1. The van der Waals surface area contributed by atoms with E-state index in [1.807, 2.05) is 0 Å². The Balaban J connectivity index is 1.92. The maximum atomic E-state index is 12.5. The van der Waals surface area contributed by atoms with Crippen molar-refractivity contribution in [3.63, 3.8) is 0 Å². The topological polar surface area (TPSA) is 162 Å². The highest BCUT2D eigenvalue weighted by Crippen LogP contribution is 2.21. The maximum absolute atomic E-state index is 12.5. The van der Waals surface area contributed by atoms with Gasteiger partial charge in [-0.05, 0) is 12.8 Å². The third-order valence-electron chi connectivity index (χ3n) is 3.68. The molecule has 1 fully saturated rings. The summed E-state index contributed by atoms with van der Waals surface area (Å²) in [6.45, 7) is 0.875. The molecule has 0 saturated carbocycles. The van der Waals surface area contributed by atoms with E-state index >= 15 is 0 Å². The molecule has 1 saturated heterocycles. The summed E-state index contributed by atoms with van der Waals surface area (Å²) in [4.78, 5) is 40.8. The number of aliphatic carboxylic acids is 1. The monoisotopic (exact) mass is 368 g/mol. The average molecular weight is 368 g/mol. The van der Waals surface area contributed by atoms with Crippen molar-refractivity contribution in [1.29, 1.82) is 5.41 Å². The number of carboxylic acids is 1. The van der Waals surface area contributed by atoms with E-state index in [4.69, 9.17) is 16.2 Å². The number of aromatic nitrogens is 1. The Hall–Kier alpha value is -2.69. The van der Waals surface area contributed by atoms with Gasteiger partial charge in [-0.2, -0.15) is 0 Å². The van der Waals surface area contributed by atoms with Gasteiger partial charge in [0.15, 0.2) is 11.1 Å². The van der Waals surface area contributed by atoms with Crippen LogP contribution in [0.1, 0.15) is 29.8 Å². The van der Waals surface area contributed by atoms with Gasteiger partial charge in [-0.1, -0.05) is 0 Å². The number of hydrogen-bond donors (Lipinski definition) is 5. The number of likely N-dealkylation sites (tertiary alicyclic amines) is 1. The van der Waals surface area contributed by atoms with Crippen molar-refractivity contribution in [1.82, 2.24) is 15.2 Å². The van der Waals surface area contributed by atoms with Crippen molar-refractivity contribution in [3.05, 3.63) is 11.1 Å². The first-order valence-corrected chi connectivity index (χ1v) is 8.60. The second kappa shape index (κ2) is 8.42. The number of nitrogens with one attached hydrogen (secondary N) is 3. The number of carbonyl (C=O) groups excluding carboxylic acids is 2. The van der Waals surface area contributed by atoms with Crippen LogP contribution < -0.4 is 16.4 Å². The van der Waals surface area contributed by atoms with Crippen molar-refractivity contribution >= 4 is 40.2 Å². The Bertz CT molecular complexity index is 676. The van der Waals surface area contributed by atoms with E-state index in [1.54, 1.807) is 10.3 Å². The quantitative estimate of drug-likeness (QED) is 0.346. The summed E-state index contributed by atoms with van der Waals surface area (Å²) < 4.78 is 0. The fourth-order valence-corrected chi connectivity index (χ4v) is 3.22. The highest BCUT2D eigenvalue weighted by molar-refractivity contribution is 7.14. The predicted octanol–water partition coefficient (Wildman–Crippen LogP) is -0.108. The van der Waals surface area contributed by atoms with Crippen LogP contribution in [0.25, 0.3) is 0 Å². The molecule has 0 radical (unpaired) electrons. The second-order valence-corrected chi connectivity index (χ2v) is 6.46. The number of nitrogens with two attached hydrogens (primary N) is 1. The lowest BCUT2D eigenvalue weighted by Gasteiger charge is -2.31. The van der Waals surface area contributed by atoms with E-state index in [1.165, 1.54) is 11.3 Å². The van der Waals surface area contributed by atoms with E-state index in [2.05, 4.69) is 15.6 Å². The minimum absolute atomic E-state index is 0.0742. The van der Waals surface area contributed by atoms with E-state index in [9.17, 15) is 14.4 Å². The molecule has 0 bridgehead atoms. The van der Waals surface area contributed by atoms with Crippen LogP contribution in [0.3, 0.4) is 0 Å². The predicted molar refractivity (Wildman–Crippen MR) is 91.5 cm³/mol. The normalized spacial score (nSPS) is 17.0. The third-order valence-corrected chi connectivity index (χ3v) is 4.44. The SMILES string of the molecule is N=C(N)Nc1nc(C(=O)N2CCCC(C(=O)NCCC(=O)O)C2)cs1. The minimum atomic E-state index is -0.973. The Morgan fingerprint density at radius 1 is 1.48 bits per heavy atom. The van der Waals surface area contributed by atoms with Crippen LogP contribution in [0.4, 0.5) is 5.13 Å². The fraction of sp³-hybridized carbons (Fsp3) is 0.500. The first kappa shape index (κ1) is 18.6. The lowest BCUT2D eigenvalue weighted by atomic mass is 9.97. The summed E-state index contributed by atoms with van der Waals surface area (Å²) >= 11 is 1.17. The van der Waals surface area contributed by atoms with Crippen LogP contribution in [0.15, 0.2) is 5.38 Å². The van der Waals surface area contributed by atoms with Gasteiger partial charge in [0, 0.05) is 25.0 Å². The van der Waals surface area contributed by atoms with Crippen molar-refractivity contribution in [2.45, 2.75) is 19.3 Å². The standard InChI is InChI=1S/C14H20N6O4S/c15-13(16)19-14-18-9(7-25-14)12(24)20-5-1-2-8(6-20)11(23)17-4-3-10(21)22/h7-8H,1-6H2,(H,17,23)(H,21,22)(H4,15,16,18,19). The molecule has 1 aliphatic heterocycles.